The normalized spacial score (nSPS) is 19.7. The molecule has 2 heterocycles. The first-order valence-corrected chi connectivity index (χ1v) is 6.70. The van der Waals surface area contributed by atoms with Crippen molar-refractivity contribution in [3.05, 3.63) is 22.4 Å². The molecule has 17 heavy (non-hydrogen) atoms. The van der Waals surface area contributed by atoms with Crippen LogP contribution in [0.2, 0.25) is 0 Å². The van der Waals surface area contributed by atoms with E-state index in [2.05, 4.69) is 5.32 Å². The molecule has 1 aromatic rings. The van der Waals surface area contributed by atoms with E-state index in [0.717, 1.165) is 4.88 Å². The third kappa shape index (κ3) is 2.66. The van der Waals surface area contributed by atoms with Crippen LogP contribution in [0.15, 0.2) is 17.5 Å². The molecular formula is C12H16N2O2S. The summed E-state index contributed by atoms with van der Waals surface area (Å²) in [5.41, 5.74) is 0. The molecule has 0 unspecified atom stereocenters. The number of nitrogens with one attached hydrogen (secondary N) is 1. The summed E-state index contributed by atoms with van der Waals surface area (Å²) in [5.74, 6) is 0.0459. The fourth-order valence-electron chi connectivity index (χ4n) is 2.07. The number of hydrogen-bond donors (Lipinski definition) is 1. The van der Waals surface area contributed by atoms with Crippen LogP contribution in [0, 0.1) is 0 Å². The van der Waals surface area contributed by atoms with Gasteiger partial charge in [-0.1, -0.05) is 6.07 Å². The average Bonchev–Trinajstić information content (AvgIpc) is 2.91. The van der Waals surface area contributed by atoms with Gasteiger partial charge in [-0.3, -0.25) is 9.59 Å². The number of nitrogens with zero attached hydrogens (tertiary/aromatic N) is 1. The first-order valence-electron chi connectivity index (χ1n) is 5.82. The second-order valence-electron chi connectivity index (χ2n) is 4.05. The molecule has 1 fully saturated rings. The maximum absolute atomic E-state index is 11.8. The lowest BCUT2D eigenvalue weighted by molar-refractivity contribution is -0.135. The third-order valence-electron chi connectivity index (χ3n) is 2.89. The van der Waals surface area contributed by atoms with Gasteiger partial charge in [-0.2, -0.15) is 0 Å². The molecule has 2 rings (SSSR count). The fourth-order valence-corrected chi connectivity index (χ4v) is 2.77. The molecule has 1 N–H and O–H groups in total. The van der Waals surface area contributed by atoms with E-state index in [1.165, 1.54) is 0 Å². The lowest BCUT2D eigenvalue weighted by atomic mass is 10.2. The van der Waals surface area contributed by atoms with Gasteiger partial charge in [0, 0.05) is 17.8 Å². The third-order valence-corrected chi connectivity index (χ3v) is 3.75. The first-order chi connectivity index (χ1) is 8.22. The molecule has 0 aliphatic carbocycles. The van der Waals surface area contributed by atoms with E-state index in [-0.39, 0.29) is 17.9 Å². The molecule has 1 aromatic heterocycles. The number of carbonyl (C=O) groups is 2. The molecule has 1 saturated heterocycles. The summed E-state index contributed by atoms with van der Waals surface area (Å²) in [7, 11) is 0. The highest BCUT2D eigenvalue weighted by Gasteiger charge is 2.35. The van der Waals surface area contributed by atoms with E-state index in [9.17, 15) is 9.59 Å². The topological polar surface area (TPSA) is 49.4 Å². The average molecular weight is 252 g/mol. The fraction of sp³-hybridized carbons (Fsp3) is 0.500. The summed E-state index contributed by atoms with van der Waals surface area (Å²) < 4.78 is 0. The van der Waals surface area contributed by atoms with Gasteiger partial charge in [0.25, 0.3) is 0 Å². The molecule has 0 radical (unpaired) electrons. The molecular weight excluding hydrogens is 236 g/mol. The summed E-state index contributed by atoms with van der Waals surface area (Å²) in [6, 6.07) is 3.66. The molecule has 2 amide bonds. The minimum Gasteiger partial charge on any atom is -0.355 e. The number of likely N-dealkylation sites (N-methyl/N-ethyl adjacent to an activating group) is 1. The van der Waals surface area contributed by atoms with Crippen LogP contribution in [-0.2, 0) is 16.1 Å². The minimum absolute atomic E-state index is 0.0325. The molecule has 5 heteroatoms. The molecule has 1 aliphatic rings. The highest BCUT2D eigenvalue weighted by molar-refractivity contribution is 7.09. The zero-order chi connectivity index (χ0) is 12.3. The zero-order valence-corrected chi connectivity index (χ0v) is 10.6. The van der Waals surface area contributed by atoms with Crippen molar-refractivity contribution in [3.63, 3.8) is 0 Å². The Morgan fingerprint density at radius 2 is 2.47 bits per heavy atom. The smallest absolute Gasteiger partial charge is 0.242 e. The lowest BCUT2D eigenvalue weighted by Crippen LogP contribution is -2.44. The largest absolute Gasteiger partial charge is 0.355 e. The Hall–Kier alpha value is -1.36. The Kier molecular flexibility index (Phi) is 3.78. The van der Waals surface area contributed by atoms with Crippen molar-refractivity contribution in [2.24, 2.45) is 0 Å². The van der Waals surface area contributed by atoms with Gasteiger partial charge in [0.15, 0.2) is 0 Å². The minimum atomic E-state index is -0.287. The zero-order valence-electron chi connectivity index (χ0n) is 9.81. The van der Waals surface area contributed by atoms with E-state index in [0.29, 0.717) is 25.9 Å². The molecule has 0 spiro atoms. The van der Waals surface area contributed by atoms with Gasteiger partial charge in [-0.15, -0.1) is 11.3 Å². The summed E-state index contributed by atoms with van der Waals surface area (Å²) >= 11 is 1.61. The molecule has 0 saturated carbocycles. The van der Waals surface area contributed by atoms with Crippen molar-refractivity contribution in [3.8, 4) is 0 Å². The number of amides is 2. The Bertz CT molecular complexity index is 403. The molecule has 1 atom stereocenters. The van der Waals surface area contributed by atoms with Crippen LogP contribution >= 0.6 is 11.3 Å². The van der Waals surface area contributed by atoms with Crippen LogP contribution in [0.3, 0.4) is 0 Å². The Morgan fingerprint density at radius 3 is 3.12 bits per heavy atom. The first kappa shape index (κ1) is 12.1. The molecule has 0 aromatic carbocycles. The molecule has 4 nitrogen and oxygen atoms in total. The summed E-state index contributed by atoms with van der Waals surface area (Å²) in [4.78, 5) is 26.4. The van der Waals surface area contributed by atoms with Crippen LogP contribution in [0.4, 0.5) is 0 Å². The van der Waals surface area contributed by atoms with Gasteiger partial charge in [0.2, 0.25) is 11.8 Å². The van der Waals surface area contributed by atoms with Gasteiger partial charge in [0.1, 0.15) is 6.04 Å². The van der Waals surface area contributed by atoms with Gasteiger partial charge in [0.05, 0.1) is 6.54 Å². The van der Waals surface area contributed by atoms with Crippen molar-refractivity contribution in [2.75, 3.05) is 6.54 Å². The predicted octanol–water partition coefficient (Wildman–Crippen LogP) is 1.38. The standard InChI is InChI=1S/C12H16N2O2S/c1-2-13-12(16)10-5-6-11(15)14(10)8-9-4-3-7-17-9/h3-4,7,10H,2,5-6,8H2,1H3,(H,13,16)/t10-/m0/s1. The quantitative estimate of drug-likeness (QED) is 0.880. The van der Waals surface area contributed by atoms with E-state index in [1.807, 2.05) is 24.4 Å². The highest BCUT2D eigenvalue weighted by atomic mass is 32.1. The van der Waals surface area contributed by atoms with Crippen molar-refractivity contribution in [2.45, 2.75) is 32.4 Å². The van der Waals surface area contributed by atoms with Gasteiger partial charge in [-0.05, 0) is 24.8 Å². The number of likely N-dealkylation sites (tertiary alicyclic amines) is 1. The van der Waals surface area contributed by atoms with Crippen molar-refractivity contribution in [1.29, 1.82) is 0 Å². The lowest BCUT2D eigenvalue weighted by Gasteiger charge is -2.23. The van der Waals surface area contributed by atoms with Crippen molar-refractivity contribution >= 4 is 23.2 Å². The van der Waals surface area contributed by atoms with E-state index in [1.54, 1.807) is 16.2 Å². The summed E-state index contributed by atoms with van der Waals surface area (Å²) in [5, 5.41) is 4.77. The second-order valence-corrected chi connectivity index (χ2v) is 5.08. The highest BCUT2D eigenvalue weighted by Crippen LogP contribution is 2.23. The van der Waals surface area contributed by atoms with Crippen molar-refractivity contribution < 1.29 is 9.59 Å². The number of carbonyl (C=O) groups excluding carboxylic acids is 2. The van der Waals surface area contributed by atoms with E-state index < -0.39 is 0 Å². The summed E-state index contributed by atoms with van der Waals surface area (Å²) in [6.07, 6.45) is 1.11. The maximum Gasteiger partial charge on any atom is 0.242 e. The Morgan fingerprint density at radius 1 is 1.65 bits per heavy atom. The van der Waals surface area contributed by atoms with Crippen LogP contribution in [0.1, 0.15) is 24.6 Å². The molecule has 1 aliphatic heterocycles. The van der Waals surface area contributed by atoms with E-state index in [4.69, 9.17) is 0 Å². The number of thiophene rings is 1. The van der Waals surface area contributed by atoms with Crippen LogP contribution < -0.4 is 5.32 Å². The van der Waals surface area contributed by atoms with Gasteiger partial charge >= 0.3 is 0 Å². The van der Waals surface area contributed by atoms with Crippen molar-refractivity contribution in [1.82, 2.24) is 10.2 Å². The Balaban J connectivity index is 2.06. The monoisotopic (exact) mass is 252 g/mol. The van der Waals surface area contributed by atoms with Crippen LogP contribution in [0.5, 0.6) is 0 Å². The maximum atomic E-state index is 11.8. The predicted molar refractivity (Wildman–Crippen MR) is 66.6 cm³/mol. The molecule has 0 bridgehead atoms. The number of rotatable bonds is 4. The SMILES string of the molecule is CCNC(=O)[C@@H]1CCC(=O)N1Cc1cccs1. The van der Waals surface area contributed by atoms with E-state index >= 15 is 0 Å². The van der Waals surface area contributed by atoms with Crippen LogP contribution in [0.25, 0.3) is 0 Å². The van der Waals surface area contributed by atoms with Gasteiger partial charge in [-0.25, -0.2) is 0 Å². The molecule has 92 valence electrons. The second kappa shape index (κ2) is 5.31. The Labute approximate surface area is 105 Å². The summed E-state index contributed by atoms with van der Waals surface area (Å²) in [6.45, 7) is 3.05. The van der Waals surface area contributed by atoms with Crippen LogP contribution in [-0.4, -0.2) is 29.3 Å². The van der Waals surface area contributed by atoms with Gasteiger partial charge < -0.3 is 10.2 Å². The number of hydrogen-bond acceptors (Lipinski definition) is 3.